The topological polar surface area (TPSA) is 83.4 Å². The number of rotatable bonds is 5. The van der Waals surface area contributed by atoms with Crippen LogP contribution in [0.1, 0.15) is 51.5 Å². The maximum absolute atomic E-state index is 13.3. The summed E-state index contributed by atoms with van der Waals surface area (Å²) >= 11 is 1.45. The highest BCUT2D eigenvalue weighted by Gasteiger charge is 2.33. The van der Waals surface area contributed by atoms with Gasteiger partial charge in [-0.2, -0.15) is 0 Å². The first-order chi connectivity index (χ1) is 15.1. The molecule has 2 fully saturated rings. The zero-order valence-corrected chi connectivity index (χ0v) is 18.6. The number of hydrogen-bond donors (Lipinski definition) is 1. The monoisotopic (exact) mass is 440 g/mol. The van der Waals surface area contributed by atoms with E-state index in [4.69, 9.17) is 0 Å². The number of para-hydroxylation sites is 2. The molecule has 1 aromatic carbocycles. The molecular formula is C22H28N6O2S. The van der Waals surface area contributed by atoms with E-state index in [-0.39, 0.29) is 30.0 Å². The first kappa shape index (κ1) is 20.4. The fourth-order valence-corrected chi connectivity index (χ4v) is 5.35. The number of aromatic nitrogens is 3. The molecule has 1 N–H and O–H groups in total. The Morgan fingerprint density at radius 3 is 2.71 bits per heavy atom. The van der Waals surface area contributed by atoms with E-state index < -0.39 is 0 Å². The standard InChI is InChI=1S/C22H28N6O2S/c1-15-13-19(29)23-17-7-3-4-8-18(17)27(15)20(30)14-31-22-25-24-21(28(22)16-9-10-16)26-11-5-2-6-12-26/h3-4,7-8,15-16H,2,5-6,9-14H2,1H3,(H,23,29)/t15-/m1/s1. The number of carbonyl (C=O) groups is 2. The van der Waals surface area contributed by atoms with E-state index in [0.717, 1.165) is 42.7 Å². The van der Waals surface area contributed by atoms with Gasteiger partial charge in [-0.05, 0) is 51.2 Å². The van der Waals surface area contributed by atoms with Crippen LogP contribution in [0.15, 0.2) is 29.4 Å². The van der Waals surface area contributed by atoms with Crippen LogP contribution >= 0.6 is 11.8 Å². The number of nitrogens with zero attached hydrogens (tertiary/aromatic N) is 5. The molecule has 31 heavy (non-hydrogen) atoms. The minimum Gasteiger partial charge on any atom is -0.341 e. The lowest BCUT2D eigenvalue weighted by Crippen LogP contribution is -2.40. The zero-order valence-electron chi connectivity index (χ0n) is 17.8. The molecule has 3 aliphatic rings. The van der Waals surface area contributed by atoms with Crippen molar-refractivity contribution in [2.45, 2.75) is 62.7 Å². The fraction of sp³-hybridized carbons (Fsp3) is 0.545. The van der Waals surface area contributed by atoms with E-state index in [1.54, 1.807) is 4.90 Å². The Morgan fingerprint density at radius 1 is 1.16 bits per heavy atom. The van der Waals surface area contributed by atoms with Crippen molar-refractivity contribution in [3.05, 3.63) is 24.3 Å². The average molecular weight is 441 g/mol. The predicted octanol–water partition coefficient (Wildman–Crippen LogP) is 3.46. The van der Waals surface area contributed by atoms with E-state index in [0.29, 0.717) is 11.7 Å². The molecule has 2 amide bonds. The van der Waals surface area contributed by atoms with Crippen LogP contribution in [0, 0.1) is 0 Å². The summed E-state index contributed by atoms with van der Waals surface area (Å²) in [5.41, 5.74) is 1.44. The maximum atomic E-state index is 13.3. The van der Waals surface area contributed by atoms with E-state index in [1.807, 2.05) is 31.2 Å². The van der Waals surface area contributed by atoms with Crippen molar-refractivity contribution in [3.63, 3.8) is 0 Å². The van der Waals surface area contributed by atoms with E-state index in [1.165, 1.54) is 31.0 Å². The molecule has 3 heterocycles. The highest BCUT2D eigenvalue weighted by Crippen LogP contribution is 2.41. The normalized spacial score (nSPS) is 21.5. The minimum absolute atomic E-state index is 0.0219. The molecule has 1 saturated carbocycles. The third-order valence-corrected chi connectivity index (χ3v) is 7.08. The van der Waals surface area contributed by atoms with Crippen molar-refractivity contribution >= 4 is 40.9 Å². The molecule has 8 nitrogen and oxygen atoms in total. The van der Waals surface area contributed by atoms with Crippen molar-refractivity contribution in [2.24, 2.45) is 0 Å². The molecule has 0 spiro atoms. The van der Waals surface area contributed by atoms with Gasteiger partial charge in [-0.25, -0.2) is 0 Å². The second-order valence-corrected chi connectivity index (χ2v) is 9.54. The summed E-state index contributed by atoms with van der Waals surface area (Å²) in [6.45, 7) is 3.97. The third kappa shape index (κ3) is 4.15. The zero-order chi connectivity index (χ0) is 21.4. The Kier molecular flexibility index (Phi) is 5.60. The Hall–Kier alpha value is -2.55. The van der Waals surface area contributed by atoms with Gasteiger partial charge in [-0.15, -0.1) is 10.2 Å². The Labute approximate surface area is 186 Å². The molecule has 1 saturated heterocycles. The molecule has 9 heteroatoms. The summed E-state index contributed by atoms with van der Waals surface area (Å²) in [6, 6.07) is 7.73. The summed E-state index contributed by atoms with van der Waals surface area (Å²) in [7, 11) is 0. The van der Waals surface area contributed by atoms with E-state index in [2.05, 4.69) is 25.0 Å². The molecule has 164 valence electrons. The van der Waals surface area contributed by atoms with Gasteiger partial charge in [-0.3, -0.25) is 14.2 Å². The molecule has 5 rings (SSSR count). The molecule has 2 aromatic rings. The van der Waals surface area contributed by atoms with Crippen molar-refractivity contribution in [2.75, 3.05) is 34.0 Å². The lowest BCUT2D eigenvalue weighted by Gasteiger charge is -2.28. The summed E-state index contributed by atoms with van der Waals surface area (Å²) < 4.78 is 2.24. The summed E-state index contributed by atoms with van der Waals surface area (Å²) in [5.74, 6) is 1.13. The number of fused-ring (bicyclic) bond motifs is 1. The Balaban J connectivity index is 1.35. The van der Waals surface area contributed by atoms with Crippen LogP contribution in [0.4, 0.5) is 17.3 Å². The number of piperidine rings is 1. The van der Waals surface area contributed by atoms with Crippen LogP contribution in [0.3, 0.4) is 0 Å². The molecule has 1 aliphatic carbocycles. The maximum Gasteiger partial charge on any atom is 0.237 e. The average Bonchev–Trinajstić information content (AvgIpc) is 3.54. The van der Waals surface area contributed by atoms with Gasteiger partial charge < -0.3 is 15.1 Å². The summed E-state index contributed by atoms with van der Waals surface area (Å²) in [4.78, 5) is 29.6. The Bertz CT molecular complexity index is 982. The number of benzene rings is 1. The number of carbonyl (C=O) groups excluding carboxylic acids is 2. The molecule has 0 bridgehead atoms. The molecule has 0 radical (unpaired) electrons. The largest absolute Gasteiger partial charge is 0.341 e. The van der Waals surface area contributed by atoms with Crippen LogP contribution in [-0.2, 0) is 9.59 Å². The number of anilines is 3. The van der Waals surface area contributed by atoms with Gasteiger partial charge in [0.2, 0.25) is 17.8 Å². The summed E-state index contributed by atoms with van der Waals surface area (Å²) in [5, 5.41) is 12.7. The van der Waals surface area contributed by atoms with Gasteiger partial charge in [0.05, 0.1) is 17.1 Å². The predicted molar refractivity (Wildman–Crippen MR) is 122 cm³/mol. The van der Waals surface area contributed by atoms with E-state index in [9.17, 15) is 9.59 Å². The number of thioether (sulfide) groups is 1. The first-order valence-corrected chi connectivity index (χ1v) is 12.1. The van der Waals surface area contributed by atoms with Crippen molar-refractivity contribution in [3.8, 4) is 0 Å². The van der Waals surface area contributed by atoms with Gasteiger partial charge in [0.25, 0.3) is 0 Å². The molecule has 2 aliphatic heterocycles. The van der Waals surface area contributed by atoms with Gasteiger partial charge in [0, 0.05) is 31.6 Å². The van der Waals surface area contributed by atoms with Crippen LogP contribution in [0.25, 0.3) is 0 Å². The van der Waals surface area contributed by atoms with Gasteiger partial charge in [0.15, 0.2) is 5.16 Å². The minimum atomic E-state index is -0.207. The fourth-order valence-electron chi connectivity index (χ4n) is 4.49. The van der Waals surface area contributed by atoms with Crippen LogP contribution in [0.2, 0.25) is 0 Å². The van der Waals surface area contributed by atoms with E-state index >= 15 is 0 Å². The SMILES string of the molecule is C[C@@H]1CC(=O)Nc2ccccc2N1C(=O)CSc1nnc(N2CCCCC2)n1C1CC1. The Morgan fingerprint density at radius 2 is 1.94 bits per heavy atom. The highest BCUT2D eigenvalue weighted by atomic mass is 32.2. The van der Waals surface area contributed by atoms with Gasteiger partial charge in [0.1, 0.15) is 0 Å². The quantitative estimate of drug-likeness (QED) is 0.717. The number of amides is 2. The van der Waals surface area contributed by atoms with Crippen molar-refractivity contribution in [1.82, 2.24) is 14.8 Å². The lowest BCUT2D eigenvalue weighted by molar-refractivity contribution is -0.117. The highest BCUT2D eigenvalue weighted by molar-refractivity contribution is 7.99. The molecule has 0 unspecified atom stereocenters. The molecule has 1 aromatic heterocycles. The number of nitrogens with one attached hydrogen (secondary N) is 1. The lowest BCUT2D eigenvalue weighted by atomic mass is 10.1. The van der Waals surface area contributed by atoms with Crippen molar-refractivity contribution < 1.29 is 9.59 Å². The van der Waals surface area contributed by atoms with Crippen LogP contribution in [-0.4, -0.2) is 51.5 Å². The van der Waals surface area contributed by atoms with Gasteiger partial charge >= 0.3 is 0 Å². The summed E-state index contributed by atoms with van der Waals surface area (Å²) in [6.07, 6.45) is 6.23. The van der Waals surface area contributed by atoms with Crippen molar-refractivity contribution in [1.29, 1.82) is 0 Å². The first-order valence-electron chi connectivity index (χ1n) is 11.2. The third-order valence-electron chi connectivity index (χ3n) is 6.15. The smallest absolute Gasteiger partial charge is 0.237 e. The van der Waals surface area contributed by atoms with Crippen LogP contribution in [0.5, 0.6) is 0 Å². The molecular weight excluding hydrogens is 412 g/mol. The van der Waals surface area contributed by atoms with Crippen LogP contribution < -0.4 is 15.1 Å². The second kappa shape index (κ2) is 8.53. The number of hydrogen-bond acceptors (Lipinski definition) is 6. The van der Waals surface area contributed by atoms with Gasteiger partial charge in [-0.1, -0.05) is 23.9 Å². The second-order valence-electron chi connectivity index (χ2n) is 8.60. The molecule has 1 atom stereocenters.